The molecule has 2 aliphatic rings. The zero-order valence-corrected chi connectivity index (χ0v) is 11.1. The molecule has 2 saturated heterocycles. The van der Waals surface area contributed by atoms with Crippen LogP contribution in [0.3, 0.4) is 0 Å². The maximum absolute atomic E-state index is 12.1. The highest BCUT2D eigenvalue weighted by Crippen LogP contribution is 2.15. The van der Waals surface area contributed by atoms with Gasteiger partial charge in [-0.1, -0.05) is 0 Å². The van der Waals surface area contributed by atoms with E-state index in [9.17, 15) is 18.0 Å². The zero-order chi connectivity index (χ0) is 14.0. The second-order valence-electron chi connectivity index (χ2n) is 4.52. The second kappa shape index (κ2) is 5.43. The van der Waals surface area contributed by atoms with Gasteiger partial charge in [0.15, 0.2) is 6.04 Å². The average molecular weight is 292 g/mol. The molecule has 19 heavy (non-hydrogen) atoms. The number of hydrogen-bond acceptors (Lipinski definition) is 5. The number of amides is 1. The third kappa shape index (κ3) is 3.04. The minimum absolute atomic E-state index is 0.0474. The van der Waals surface area contributed by atoms with E-state index >= 15 is 0 Å². The van der Waals surface area contributed by atoms with Crippen molar-refractivity contribution in [2.75, 3.05) is 38.6 Å². The molecule has 1 unspecified atom stereocenters. The Balaban J connectivity index is 2.04. The van der Waals surface area contributed by atoms with Gasteiger partial charge in [0.1, 0.15) is 0 Å². The predicted molar refractivity (Wildman–Crippen MR) is 63.9 cm³/mol. The summed E-state index contributed by atoms with van der Waals surface area (Å²) >= 11 is 0. The number of carbonyl (C=O) groups excluding carboxylic acids is 1. The molecule has 0 aromatic heterocycles. The van der Waals surface area contributed by atoms with Crippen LogP contribution >= 0.6 is 0 Å². The van der Waals surface area contributed by atoms with Crippen molar-refractivity contribution in [1.82, 2.24) is 9.21 Å². The van der Waals surface area contributed by atoms with Crippen LogP contribution in [0.4, 0.5) is 0 Å². The third-order valence-corrected chi connectivity index (χ3v) is 5.15. The van der Waals surface area contributed by atoms with E-state index in [1.807, 2.05) is 0 Å². The summed E-state index contributed by atoms with van der Waals surface area (Å²) in [4.78, 5) is 24.3. The fourth-order valence-corrected chi connectivity index (χ4v) is 3.68. The second-order valence-corrected chi connectivity index (χ2v) is 6.61. The van der Waals surface area contributed by atoms with E-state index in [-0.39, 0.29) is 32.1 Å². The topological polar surface area (TPSA) is 104 Å². The third-order valence-electron chi connectivity index (χ3n) is 3.25. The molecule has 2 fully saturated rings. The minimum atomic E-state index is -3.35. The summed E-state index contributed by atoms with van der Waals surface area (Å²) in [7, 11) is -3.35. The number of morpholine rings is 1. The monoisotopic (exact) mass is 292 g/mol. The van der Waals surface area contributed by atoms with Crippen molar-refractivity contribution >= 4 is 21.9 Å². The van der Waals surface area contributed by atoms with Gasteiger partial charge in [-0.2, -0.15) is 4.31 Å². The number of aliphatic carboxylic acids is 1. The molecule has 0 spiro atoms. The molecule has 1 atom stereocenters. The van der Waals surface area contributed by atoms with Crippen LogP contribution in [0, 0.1) is 0 Å². The molecule has 0 aromatic carbocycles. The average Bonchev–Trinajstić information content (AvgIpc) is 2.68. The lowest BCUT2D eigenvalue weighted by Gasteiger charge is -2.33. The van der Waals surface area contributed by atoms with Crippen molar-refractivity contribution in [3.05, 3.63) is 0 Å². The summed E-state index contributed by atoms with van der Waals surface area (Å²) in [5.41, 5.74) is 0. The van der Waals surface area contributed by atoms with E-state index in [2.05, 4.69) is 0 Å². The van der Waals surface area contributed by atoms with Crippen LogP contribution in [-0.2, 0) is 24.3 Å². The summed E-state index contributed by atoms with van der Waals surface area (Å²) in [5.74, 6) is -1.58. The summed E-state index contributed by atoms with van der Waals surface area (Å²) < 4.78 is 29.4. The van der Waals surface area contributed by atoms with E-state index in [0.29, 0.717) is 13.0 Å². The van der Waals surface area contributed by atoms with Gasteiger partial charge in [0.25, 0.3) is 0 Å². The summed E-state index contributed by atoms with van der Waals surface area (Å²) in [6.07, 6.45) is 0.501. The number of ether oxygens (including phenoxy) is 1. The number of carboxylic acid groups (broad SMARTS) is 1. The number of carboxylic acids is 1. The lowest BCUT2D eigenvalue weighted by atomic mass is 10.2. The van der Waals surface area contributed by atoms with Gasteiger partial charge in [-0.15, -0.1) is 0 Å². The maximum Gasteiger partial charge on any atom is 0.328 e. The molecule has 0 aromatic rings. The SMILES string of the molecule is O=C(O)C1COCCN1C(=O)CN1CCCS1(=O)=O. The Morgan fingerprint density at radius 2 is 2.05 bits per heavy atom. The van der Waals surface area contributed by atoms with Gasteiger partial charge >= 0.3 is 5.97 Å². The summed E-state index contributed by atoms with van der Waals surface area (Å²) in [6.45, 7) is 0.405. The molecule has 0 saturated carbocycles. The van der Waals surface area contributed by atoms with Gasteiger partial charge in [0, 0.05) is 13.1 Å². The van der Waals surface area contributed by atoms with Crippen LogP contribution in [0.25, 0.3) is 0 Å². The normalized spacial score (nSPS) is 27.4. The van der Waals surface area contributed by atoms with Crippen LogP contribution in [0.2, 0.25) is 0 Å². The van der Waals surface area contributed by atoms with Crippen LogP contribution in [0.5, 0.6) is 0 Å². The van der Waals surface area contributed by atoms with Crippen molar-refractivity contribution < 1.29 is 27.9 Å². The molecule has 8 nitrogen and oxygen atoms in total. The largest absolute Gasteiger partial charge is 0.480 e. The van der Waals surface area contributed by atoms with E-state index in [1.54, 1.807) is 0 Å². The Bertz CT molecular complexity index is 476. The summed E-state index contributed by atoms with van der Waals surface area (Å²) in [6, 6.07) is -1.04. The molecule has 2 heterocycles. The Morgan fingerprint density at radius 3 is 2.63 bits per heavy atom. The van der Waals surface area contributed by atoms with Gasteiger partial charge in [-0.25, -0.2) is 13.2 Å². The van der Waals surface area contributed by atoms with Gasteiger partial charge in [0.05, 0.1) is 25.5 Å². The standard InChI is InChI=1S/C10H16N2O6S/c13-9(6-11-2-1-5-19(11,16)17)12-3-4-18-7-8(12)10(14)15/h8H,1-7H2,(H,14,15). The van der Waals surface area contributed by atoms with E-state index in [0.717, 1.165) is 4.31 Å². The van der Waals surface area contributed by atoms with Crippen LogP contribution in [-0.4, -0.2) is 79.2 Å². The summed E-state index contributed by atoms with van der Waals surface area (Å²) in [5, 5.41) is 9.02. The predicted octanol–water partition coefficient (Wildman–Crippen LogP) is -1.67. The first-order chi connectivity index (χ1) is 8.92. The van der Waals surface area contributed by atoms with E-state index in [4.69, 9.17) is 9.84 Å². The van der Waals surface area contributed by atoms with Crippen molar-refractivity contribution in [1.29, 1.82) is 0 Å². The number of nitrogens with zero attached hydrogens (tertiary/aromatic N) is 2. The Labute approximate surface area is 111 Å². The molecule has 108 valence electrons. The van der Waals surface area contributed by atoms with Gasteiger partial charge in [0.2, 0.25) is 15.9 Å². The zero-order valence-electron chi connectivity index (χ0n) is 10.3. The van der Waals surface area contributed by atoms with Crippen molar-refractivity contribution in [2.24, 2.45) is 0 Å². The number of rotatable bonds is 3. The molecular formula is C10H16N2O6S. The van der Waals surface area contributed by atoms with Crippen LogP contribution in [0.15, 0.2) is 0 Å². The van der Waals surface area contributed by atoms with E-state index in [1.165, 1.54) is 4.90 Å². The lowest BCUT2D eigenvalue weighted by molar-refractivity contribution is -0.158. The molecule has 1 N–H and O–H groups in total. The molecule has 9 heteroatoms. The minimum Gasteiger partial charge on any atom is -0.480 e. The van der Waals surface area contributed by atoms with Gasteiger partial charge < -0.3 is 14.7 Å². The quantitative estimate of drug-likeness (QED) is 0.667. The first-order valence-electron chi connectivity index (χ1n) is 5.99. The maximum atomic E-state index is 12.1. The highest BCUT2D eigenvalue weighted by molar-refractivity contribution is 7.89. The first kappa shape index (κ1) is 14.2. The number of carbonyl (C=O) groups is 2. The fraction of sp³-hybridized carbons (Fsp3) is 0.800. The number of hydrogen-bond donors (Lipinski definition) is 1. The van der Waals surface area contributed by atoms with Crippen LogP contribution in [0.1, 0.15) is 6.42 Å². The molecule has 0 aliphatic carbocycles. The Morgan fingerprint density at radius 1 is 1.32 bits per heavy atom. The van der Waals surface area contributed by atoms with Crippen molar-refractivity contribution in [3.8, 4) is 0 Å². The lowest BCUT2D eigenvalue weighted by Crippen LogP contribution is -2.55. The number of sulfonamides is 1. The molecular weight excluding hydrogens is 276 g/mol. The highest BCUT2D eigenvalue weighted by atomic mass is 32.2. The smallest absolute Gasteiger partial charge is 0.328 e. The molecule has 2 aliphatic heterocycles. The fourth-order valence-electron chi connectivity index (χ4n) is 2.22. The van der Waals surface area contributed by atoms with Crippen molar-refractivity contribution in [3.63, 3.8) is 0 Å². The molecule has 0 bridgehead atoms. The molecule has 2 rings (SSSR count). The Hall–Kier alpha value is -1.19. The Kier molecular flexibility index (Phi) is 4.07. The van der Waals surface area contributed by atoms with Gasteiger partial charge in [-0.3, -0.25) is 4.79 Å². The van der Waals surface area contributed by atoms with Crippen LogP contribution < -0.4 is 0 Å². The first-order valence-corrected chi connectivity index (χ1v) is 7.60. The van der Waals surface area contributed by atoms with Gasteiger partial charge in [-0.05, 0) is 6.42 Å². The van der Waals surface area contributed by atoms with E-state index < -0.39 is 27.9 Å². The molecule has 0 radical (unpaired) electrons. The molecule has 1 amide bonds. The highest BCUT2D eigenvalue weighted by Gasteiger charge is 2.36. The van der Waals surface area contributed by atoms with Crippen molar-refractivity contribution in [2.45, 2.75) is 12.5 Å².